The van der Waals surface area contributed by atoms with E-state index in [1.54, 1.807) is 13.8 Å². The van der Waals surface area contributed by atoms with Gasteiger partial charge >= 0.3 is 0 Å². The number of aryl methyl sites for hydroxylation is 2. The fraction of sp³-hybridized carbons (Fsp3) is 0.667. The number of hydrogen-bond donors (Lipinski definition) is 1. The number of carbonyl (C=O) groups is 1. The molecule has 17 heavy (non-hydrogen) atoms. The Balaban J connectivity index is 2.12. The Morgan fingerprint density at radius 3 is 2.94 bits per heavy atom. The van der Waals surface area contributed by atoms with Gasteiger partial charge in [-0.2, -0.15) is 0 Å². The normalized spacial score (nSPS) is 20.6. The number of aromatic nitrogens is 1. The highest BCUT2D eigenvalue weighted by Gasteiger charge is 2.27. The minimum absolute atomic E-state index is 0.0544. The molecule has 0 radical (unpaired) electrons. The van der Waals surface area contributed by atoms with Crippen LogP contribution in [0.3, 0.4) is 0 Å². The number of piperidine rings is 1. The number of nitrogens with zero attached hydrogens (tertiary/aromatic N) is 2. The maximum Gasteiger partial charge on any atom is 0.291 e. The lowest BCUT2D eigenvalue weighted by Crippen LogP contribution is -2.42. The molecule has 1 aliphatic rings. The van der Waals surface area contributed by atoms with Crippen molar-refractivity contribution in [1.82, 2.24) is 9.88 Å². The lowest BCUT2D eigenvalue weighted by Gasteiger charge is -2.31. The first kappa shape index (κ1) is 12.1. The van der Waals surface area contributed by atoms with Crippen molar-refractivity contribution < 1.29 is 9.21 Å². The first-order valence-corrected chi connectivity index (χ1v) is 6.05. The molecular weight excluding hydrogens is 218 g/mol. The molecule has 0 spiro atoms. The van der Waals surface area contributed by atoms with Crippen LogP contribution >= 0.6 is 0 Å². The van der Waals surface area contributed by atoms with Crippen molar-refractivity contribution in [3.63, 3.8) is 0 Å². The zero-order valence-corrected chi connectivity index (χ0v) is 10.4. The van der Waals surface area contributed by atoms with Crippen molar-refractivity contribution in [2.24, 2.45) is 11.7 Å². The van der Waals surface area contributed by atoms with Crippen LogP contribution in [-0.4, -0.2) is 35.4 Å². The van der Waals surface area contributed by atoms with Crippen molar-refractivity contribution in [2.45, 2.75) is 26.7 Å². The van der Waals surface area contributed by atoms with E-state index < -0.39 is 0 Å². The fourth-order valence-corrected chi connectivity index (χ4v) is 2.32. The fourth-order valence-electron chi connectivity index (χ4n) is 2.32. The first-order valence-electron chi connectivity index (χ1n) is 6.05. The van der Waals surface area contributed by atoms with E-state index >= 15 is 0 Å². The standard InChI is InChI=1S/C12H19N3O2/c1-8-11(17-9(2)14-8)12(16)15-5-3-4-10(6-13)7-15/h10H,3-7,13H2,1-2H3. The van der Waals surface area contributed by atoms with Crippen LogP contribution < -0.4 is 5.73 Å². The Hall–Kier alpha value is -1.36. The SMILES string of the molecule is Cc1nc(C)c(C(=O)N2CCCC(CN)C2)o1. The van der Waals surface area contributed by atoms with E-state index in [9.17, 15) is 4.79 Å². The summed E-state index contributed by atoms with van der Waals surface area (Å²) in [7, 11) is 0. The van der Waals surface area contributed by atoms with Crippen LogP contribution in [0.15, 0.2) is 4.42 Å². The van der Waals surface area contributed by atoms with Gasteiger partial charge in [0.25, 0.3) is 5.91 Å². The maximum absolute atomic E-state index is 12.2. The molecular formula is C12H19N3O2. The predicted molar refractivity (Wildman–Crippen MR) is 63.7 cm³/mol. The highest BCUT2D eigenvalue weighted by Crippen LogP contribution is 2.19. The molecule has 1 aromatic heterocycles. The number of carbonyl (C=O) groups excluding carboxylic acids is 1. The third-order valence-electron chi connectivity index (χ3n) is 3.24. The average Bonchev–Trinajstić information content (AvgIpc) is 2.67. The van der Waals surface area contributed by atoms with Crippen molar-refractivity contribution in [3.8, 4) is 0 Å². The molecule has 1 aliphatic heterocycles. The summed E-state index contributed by atoms with van der Waals surface area (Å²) in [6.07, 6.45) is 2.12. The summed E-state index contributed by atoms with van der Waals surface area (Å²) in [6.45, 7) is 5.71. The highest BCUT2D eigenvalue weighted by molar-refractivity contribution is 5.92. The van der Waals surface area contributed by atoms with E-state index in [4.69, 9.17) is 10.2 Å². The Labute approximate surface area is 101 Å². The Morgan fingerprint density at radius 1 is 1.59 bits per heavy atom. The Kier molecular flexibility index (Phi) is 3.47. The monoisotopic (exact) mass is 237 g/mol. The van der Waals surface area contributed by atoms with E-state index in [2.05, 4.69) is 4.98 Å². The molecule has 0 aromatic carbocycles. The van der Waals surface area contributed by atoms with Crippen molar-refractivity contribution in [3.05, 3.63) is 17.3 Å². The van der Waals surface area contributed by atoms with Crippen LogP contribution in [0.5, 0.6) is 0 Å². The number of likely N-dealkylation sites (tertiary alicyclic amines) is 1. The van der Waals surface area contributed by atoms with Gasteiger partial charge in [-0.05, 0) is 32.2 Å². The van der Waals surface area contributed by atoms with Gasteiger partial charge in [0.1, 0.15) is 0 Å². The zero-order valence-electron chi connectivity index (χ0n) is 10.4. The predicted octanol–water partition coefficient (Wildman–Crippen LogP) is 1.10. The van der Waals surface area contributed by atoms with Crippen LogP contribution in [0.4, 0.5) is 0 Å². The molecule has 1 aromatic rings. The summed E-state index contributed by atoms with van der Waals surface area (Å²) < 4.78 is 5.36. The molecule has 2 rings (SSSR count). The van der Waals surface area contributed by atoms with E-state index in [0.29, 0.717) is 29.8 Å². The van der Waals surface area contributed by atoms with Gasteiger partial charge < -0.3 is 15.1 Å². The first-order chi connectivity index (χ1) is 8.11. The number of amides is 1. The van der Waals surface area contributed by atoms with Gasteiger partial charge in [0.05, 0.1) is 5.69 Å². The third kappa shape index (κ3) is 2.49. The highest BCUT2D eigenvalue weighted by atomic mass is 16.4. The second kappa shape index (κ2) is 4.87. The van der Waals surface area contributed by atoms with Gasteiger partial charge in [0.2, 0.25) is 5.76 Å². The van der Waals surface area contributed by atoms with Crippen LogP contribution in [-0.2, 0) is 0 Å². The van der Waals surface area contributed by atoms with Gasteiger partial charge in [0, 0.05) is 20.0 Å². The van der Waals surface area contributed by atoms with Crippen molar-refractivity contribution in [2.75, 3.05) is 19.6 Å². The maximum atomic E-state index is 12.2. The minimum atomic E-state index is -0.0544. The molecule has 1 atom stereocenters. The number of oxazole rings is 1. The smallest absolute Gasteiger partial charge is 0.291 e. The Morgan fingerprint density at radius 2 is 2.35 bits per heavy atom. The van der Waals surface area contributed by atoms with Crippen LogP contribution in [0.2, 0.25) is 0 Å². The summed E-state index contributed by atoms with van der Waals surface area (Å²) >= 11 is 0. The molecule has 1 fully saturated rings. The summed E-state index contributed by atoms with van der Waals surface area (Å²) in [6, 6.07) is 0. The van der Waals surface area contributed by atoms with Crippen LogP contribution in [0, 0.1) is 19.8 Å². The van der Waals surface area contributed by atoms with Gasteiger partial charge in [-0.15, -0.1) is 0 Å². The van der Waals surface area contributed by atoms with Crippen molar-refractivity contribution in [1.29, 1.82) is 0 Å². The van der Waals surface area contributed by atoms with E-state index in [1.165, 1.54) is 0 Å². The molecule has 5 heteroatoms. The number of nitrogens with two attached hydrogens (primary N) is 1. The second-order valence-electron chi connectivity index (χ2n) is 4.64. The molecule has 1 saturated heterocycles. The molecule has 2 heterocycles. The molecule has 94 valence electrons. The summed E-state index contributed by atoms with van der Waals surface area (Å²) in [4.78, 5) is 18.2. The Bertz CT molecular complexity index is 414. The van der Waals surface area contributed by atoms with Crippen molar-refractivity contribution >= 4 is 5.91 Å². The van der Waals surface area contributed by atoms with Gasteiger partial charge in [0.15, 0.2) is 5.89 Å². The van der Waals surface area contributed by atoms with E-state index in [-0.39, 0.29) is 5.91 Å². The lowest BCUT2D eigenvalue weighted by molar-refractivity contribution is 0.0643. The van der Waals surface area contributed by atoms with Gasteiger partial charge in [-0.3, -0.25) is 4.79 Å². The molecule has 2 N–H and O–H groups in total. The van der Waals surface area contributed by atoms with E-state index in [0.717, 1.165) is 25.9 Å². The quantitative estimate of drug-likeness (QED) is 0.836. The summed E-state index contributed by atoms with van der Waals surface area (Å²) in [5, 5.41) is 0. The van der Waals surface area contributed by atoms with Gasteiger partial charge in [-0.25, -0.2) is 4.98 Å². The summed E-state index contributed by atoms with van der Waals surface area (Å²) in [5.41, 5.74) is 6.33. The largest absolute Gasteiger partial charge is 0.436 e. The summed E-state index contributed by atoms with van der Waals surface area (Å²) in [5.74, 6) is 1.27. The van der Waals surface area contributed by atoms with Gasteiger partial charge in [-0.1, -0.05) is 0 Å². The minimum Gasteiger partial charge on any atom is -0.436 e. The number of rotatable bonds is 2. The average molecular weight is 237 g/mol. The molecule has 5 nitrogen and oxygen atoms in total. The number of hydrogen-bond acceptors (Lipinski definition) is 4. The van der Waals surface area contributed by atoms with Crippen LogP contribution in [0.1, 0.15) is 35.0 Å². The zero-order chi connectivity index (χ0) is 12.4. The van der Waals surface area contributed by atoms with E-state index in [1.807, 2.05) is 4.90 Å². The topological polar surface area (TPSA) is 72.4 Å². The van der Waals surface area contributed by atoms with Crippen LogP contribution in [0.25, 0.3) is 0 Å². The lowest BCUT2D eigenvalue weighted by atomic mass is 9.98. The molecule has 1 unspecified atom stereocenters. The molecule has 0 bridgehead atoms. The molecule has 0 aliphatic carbocycles. The third-order valence-corrected chi connectivity index (χ3v) is 3.24. The second-order valence-corrected chi connectivity index (χ2v) is 4.64. The molecule has 1 amide bonds. The molecule has 0 saturated carbocycles.